The largest absolute Gasteiger partial charge is 0.399 e. The average Bonchev–Trinajstić information content (AvgIpc) is 2.33. The molecule has 0 aliphatic rings. The highest BCUT2D eigenvalue weighted by molar-refractivity contribution is 9.10. The monoisotopic (exact) mass is 380 g/mol. The Kier molecular flexibility index (Phi) is 4.15. The average molecular weight is 381 g/mol. The van der Waals surface area contributed by atoms with Gasteiger partial charge in [0.15, 0.2) is 11.6 Å². The van der Waals surface area contributed by atoms with Crippen LogP contribution in [0.15, 0.2) is 39.7 Å². The van der Waals surface area contributed by atoms with Crippen molar-refractivity contribution in [1.82, 2.24) is 0 Å². The molecule has 0 radical (unpaired) electrons. The summed E-state index contributed by atoms with van der Waals surface area (Å²) in [4.78, 5) is -0.765. The van der Waals surface area contributed by atoms with Gasteiger partial charge in [0.1, 0.15) is 16.4 Å². The Morgan fingerprint density at radius 1 is 1.00 bits per heavy atom. The first-order chi connectivity index (χ1) is 9.70. The van der Waals surface area contributed by atoms with E-state index in [-0.39, 0.29) is 10.2 Å². The summed E-state index contributed by atoms with van der Waals surface area (Å²) in [5, 5.41) is 0. The highest BCUT2D eigenvalue weighted by atomic mass is 79.9. The van der Waals surface area contributed by atoms with Crippen LogP contribution in [0, 0.1) is 17.5 Å². The smallest absolute Gasteiger partial charge is 0.265 e. The molecule has 0 aromatic heterocycles. The first kappa shape index (κ1) is 15.6. The van der Waals surface area contributed by atoms with E-state index in [4.69, 9.17) is 5.73 Å². The van der Waals surface area contributed by atoms with E-state index in [1.165, 1.54) is 0 Å². The normalized spacial score (nSPS) is 11.4. The number of hydrogen-bond acceptors (Lipinski definition) is 3. The summed E-state index contributed by atoms with van der Waals surface area (Å²) in [7, 11) is -4.49. The van der Waals surface area contributed by atoms with Crippen LogP contribution in [0.2, 0.25) is 0 Å². The lowest BCUT2D eigenvalue weighted by Crippen LogP contribution is -2.16. The molecule has 0 fully saturated rings. The number of hydrogen-bond donors (Lipinski definition) is 2. The van der Waals surface area contributed by atoms with Crippen LogP contribution in [0.25, 0.3) is 0 Å². The SMILES string of the molecule is Nc1ccc(S(=O)(=O)Nc2c(F)cc(Br)cc2F)c(F)c1. The molecule has 3 N–H and O–H groups in total. The standard InChI is InChI=1S/C12H8BrF3N2O2S/c13-6-3-9(15)12(10(16)4-6)18-21(19,20)11-2-1-7(17)5-8(11)14/h1-5,18H,17H2. The van der Waals surface area contributed by atoms with Crippen molar-refractivity contribution >= 4 is 37.3 Å². The quantitative estimate of drug-likeness (QED) is 0.802. The van der Waals surface area contributed by atoms with Gasteiger partial charge in [0, 0.05) is 10.2 Å². The molecule has 0 aliphatic carbocycles. The van der Waals surface area contributed by atoms with Gasteiger partial charge in [0.25, 0.3) is 10.0 Å². The lowest BCUT2D eigenvalue weighted by atomic mass is 10.3. The minimum Gasteiger partial charge on any atom is -0.399 e. The molecule has 0 bridgehead atoms. The highest BCUT2D eigenvalue weighted by Gasteiger charge is 2.23. The van der Waals surface area contributed by atoms with Crippen molar-refractivity contribution in [2.45, 2.75) is 4.90 Å². The Labute approximate surface area is 127 Å². The molecule has 21 heavy (non-hydrogen) atoms. The lowest BCUT2D eigenvalue weighted by Gasteiger charge is -2.11. The van der Waals surface area contributed by atoms with Gasteiger partial charge in [-0.3, -0.25) is 4.72 Å². The molecule has 0 spiro atoms. The summed E-state index contributed by atoms with van der Waals surface area (Å²) in [6.45, 7) is 0. The molecule has 2 rings (SSSR count). The van der Waals surface area contributed by atoms with Crippen molar-refractivity contribution in [3.63, 3.8) is 0 Å². The van der Waals surface area contributed by atoms with Gasteiger partial charge in [-0.05, 0) is 30.3 Å². The van der Waals surface area contributed by atoms with E-state index in [9.17, 15) is 21.6 Å². The Hall–Kier alpha value is -1.74. The molecule has 0 unspecified atom stereocenters. The van der Waals surface area contributed by atoms with Crippen molar-refractivity contribution in [3.05, 3.63) is 52.3 Å². The number of rotatable bonds is 3. The highest BCUT2D eigenvalue weighted by Crippen LogP contribution is 2.27. The van der Waals surface area contributed by atoms with Crippen molar-refractivity contribution in [2.75, 3.05) is 10.5 Å². The Morgan fingerprint density at radius 3 is 2.10 bits per heavy atom. The number of anilines is 2. The lowest BCUT2D eigenvalue weighted by molar-refractivity contribution is 0.566. The predicted octanol–water partition coefficient (Wildman–Crippen LogP) is 3.25. The van der Waals surface area contributed by atoms with Crippen LogP contribution in [0.1, 0.15) is 0 Å². The van der Waals surface area contributed by atoms with E-state index in [1.807, 2.05) is 0 Å². The fourth-order valence-electron chi connectivity index (χ4n) is 1.56. The second-order valence-corrected chi connectivity index (χ2v) is 6.61. The number of nitrogens with two attached hydrogens (primary N) is 1. The molecule has 0 saturated carbocycles. The maximum atomic E-state index is 13.6. The molecule has 112 valence electrons. The third kappa shape index (κ3) is 3.30. The van der Waals surface area contributed by atoms with Crippen molar-refractivity contribution < 1.29 is 21.6 Å². The van der Waals surface area contributed by atoms with E-state index in [0.29, 0.717) is 0 Å². The third-order valence-electron chi connectivity index (χ3n) is 2.49. The molecule has 2 aromatic carbocycles. The zero-order valence-electron chi connectivity index (χ0n) is 10.2. The van der Waals surface area contributed by atoms with E-state index in [2.05, 4.69) is 15.9 Å². The molecule has 0 saturated heterocycles. The summed E-state index contributed by atoms with van der Waals surface area (Å²) < 4.78 is 66.6. The van der Waals surface area contributed by atoms with E-state index < -0.39 is 38.1 Å². The van der Waals surface area contributed by atoms with Crippen molar-refractivity contribution in [3.8, 4) is 0 Å². The van der Waals surface area contributed by atoms with Crippen LogP contribution in [0.5, 0.6) is 0 Å². The summed E-state index contributed by atoms with van der Waals surface area (Å²) >= 11 is 2.86. The van der Waals surface area contributed by atoms with Gasteiger partial charge in [-0.15, -0.1) is 0 Å². The van der Waals surface area contributed by atoms with Crippen LogP contribution in [0.3, 0.4) is 0 Å². The van der Waals surface area contributed by atoms with Crippen LogP contribution in [0.4, 0.5) is 24.5 Å². The second-order valence-electron chi connectivity index (χ2n) is 4.04. The fourth-order valence-corrected chi connectivity index (χ4v) is 3.10. The maximum Gasteiger partial charge on any atom is 0.265 e. The second kappa shape index (κ2) is 5.57. The summed E-state index contributed by atoms with van der Waals surface area (Å²) in [5.74, 6) is -3.40. The van der Waals surface area contributed by atoms with Gasteiger partial charge in [0.2, 0.25) is 0 Å². The topological polar surface area (TPSA) is 72.2 Å². The first-order valence-electron chi connectivity index (χ1n) is 5.43. The van der Waals surface area contributed by atoms with Crippen molar-refractivity contribution in [2.24, 2.45) is 0 Å². The van der Waals surface area contributed by atoms with E-state index >= 15 is 0 Å². The molecule has 0 heterocycles. The zero-order valence-corrected chi connectivity index (χ0v) is 12.6. The molecule has 0 amide bonds. The van der Waals surface area contributed by atoms with Crippen LogP contribution in [-0.2, 0) is 10.0 Å². The molecular weight excluding hydrogens is 373 g/mol. The molecular formula is C12H8BrF3N2O2S. The fraction of sp³-hybridized carbons (Fsp3) is 0. The van der Waals surface area contributed by atoms with Gasteiger partial charge in [-0.1, -0.05) is 15.9 Å². The van der Waals surface area contributed by atoms with Crippen LogP contribution < -0.4 is 10.5 Å². The first-order valence-corrected chi connectivity index (χ1v) is 7.71. The number of sulfonamides is 1. The van der Waals surface area contributed by atoms with Gasteiger partial charge < -0.3 is 5.73 Å². The van der Waals surface area contributed by atoms with Crippen LogP contribution >= 0.6 is 15.9 Å². The maximum absolute atomic E-state index is 13.6. The van der Waals surface area contributed by atoms with Gasteiger partial charge >= 0.3 is 0 Å². The Morgan fingerprint density at radius 2 is 1.57 bits per heavy atom. The third-order valence-corrected chi connectivity index (χ3v) is 4.33. The predicted molar refractivity (Wildman–Crippen MR) is 75.7 cm³/mol. The van der Waals surface area contributed by atoms with E-state index in [1.54, 1.807) is 4.72 Å². The molecule has 0 atom stereocenters. The Balaban J connectivity index is 2.47. The number of nitrogens with one attached hydrogen (secondary N) is 1. The van der Waals surface area contributed by atoms with Crippen molar-refractivity contribution in [1.29, 1.82) is 0 Å². The molecule has 0 aliphatic heterocycles. The van der Waals surface area contributed by atoms with Gasteiger partial charge in [-0.2, -0.15) is 0 Å². The molecule has 9 heteroatoms. The zero-order chi connectivity index (χ0) is 15.8. The summed E-state index contributed by atoms with van der Waals surface area (Å²) in [6, 6.07) is 4.61. The minimum atomic E-state index is -4.49. The molecule has 4 nitrogen and oxygen atoms in total. The minimum absolute atomic E-state index is 0.0208. The number of halogens is 4. The van der Waals surface area contributed by atoms with Gasteiger partial charge in [0.05, 0.1) is 0 Å². The summed E-state index contributed by atoms with van der Waals surface area (Å²) in [5.41, 5.74) is 4.43. The Bertz CT molecular complexity index is 789. The number of nitrogen functional groups attached to an aromatic ring is 1. The van der Waals surface area contributed by atoms with Gasteiger partial charge in [-0.25, -0.2) is 21.6 Å². The van der Waals surface area contributed by atoms with Crippen LogP contribution in [-0.4, -0.2) is 8.42 Å². The number of benzene rings is 2. The molecule has 2 aromatic rings. The summed E-state index contributed by atoms with van der Waals surface area (Å²) in [6.07, 6.45) is 0. The van der Waals surface area contributed by atoms with E-state index in [0.717, 1.165) is 30.3 Å².